The molecule has 0 spiro atoms. The largest absolute Gasteiger partial charge is 0.307 e. The fraction of sp³-hybridized carbons (Fsp3) is 0.368. The summed E-state index contributed by atoms with van der Waals surface area (Å²) in [4.78, 5) is 0. The van der Waals surface area contributed by atoms with Gasteiger partial charge in [0.1, 0.15) is 5.82 Å². The van der Waals surface area contributed by atoms with E-state index in [1.54, 1.807) is 12.1 Å². The summed E-state index contributed by atoms with van der Waals surface area (Å²) < 4.78 is 13.5. The molecule has 0 bridgehead atoms. The van der Waals surface area contributed by atoms with Gasteiger partial charge in [0.25, 0.3) is 0 Å². The first-order valence-corrected chi connectivity index (χ1v) is 7.88. The summed E-state index contributed by atoms with van der Waals surface area (Å²) in [5.41, 5.74) is 5.19. The predicted octanol–water partition coefficient (Wildman–Crippen LogP) is 4.40. The van der Waals surface area contributed by atoms with Gasteiger partial charge in [-0.3, -0.25) is 0 Å². The van der Waals surface area contributed by atoms with Crippen molar-refractivity contribution in [3.05, 3.63) is 70.5 Å². The summed E-state index contributed by atoms with van der Waals surface area (Å²) >= 11 is 0. The molecule has 1 aliphatic rings. The molecule has 110 valence electrons. The lowest BCUT2D eigenvalue weighted by atomic mass is 9.88. The van der Waals surface area contributed by atoms with E-state index >= 15 is 0 Å². The standard InChI is InChI=1S/C19H22FN/c1-2-21-19(16-8-5-9-18(20)13-16)17-11-10-14-6-3-4-7-15(14)12-17/h5,8-13,19,21H,2-4,6-7H2,1H3. The highest BCUT2D eigenvalue weighted by atomic mass is 19.1. The number of nitrogens with one attached hydrogen (secondary N) is 1. The van der Waals surface area contributed by atoms with Crippen molar-refractivity contribution in [2.45, 2.75) is 38.6 Å². The number of hydrogen-bond donors (Lipinski definition) is 1. The van der Waals surface area contributed by atoms with Gasteiger partial charge >= 0.3 is 0 Å². The Kier molecular flexibility index (Phi) is 4.35. The molecule has 1 N–H and O–H groups in total. The predicted molar refractivity (Wildman–Crippen MR) is 85.0 cm³/mol. The first-order valence-electron chi connectivity index (χ1n) is 7.88. The molecule has 0 aliphatic heterocycles. The van der Waals surface area contributed by atoms with E-state index in [1.807, 2.05) is 6.07 Å². The quantitative estimate of drug-likeness (QED) is 0.876. The zero-order chi connectivity index (χ0) is 14.7. The Labute approximate surface area is 126 Å². The number of halogens is 1. The van der Waals surface area contributed by atoms with Crippen LogP contribution in [-0.2, 0) is 12.8 Å². The second-order valence-corrected chi connectivity index (χ2v) is 5.78. The van der Waals surface area contributed by atoms with Crippen LogP contribution >= 0.6 is 0 Å². The van der Waals surface area contributed by atoms with E-state index in [0.717, 1.165) is 12.1 Å². The van der Waals surface area contributed by atoms with Gasteiger partial charge in [0.05, 0.1) is 6.04 Å². The van der Waals surface area contributed by atoms with Crippen molar-refractivity contribution in [2.24, 2.45) is 0 Å². The molecule has 1 nitrogen and oxygen atoms in total. The van der Waals surface area contributed by atoms with E-state index in [0.29, 0.717) is 0 Å². The van der Waals surface area contributed by atoms with Crippen LogP contribution < -0.4 is 5.32 Å². The van der Waals surface area contributed by atoms with Crippen LogP contribution in [0.1, 0.15) is 48.1 Å². The van der Waals surface area contributed by atoms with Gasteiger partial charge in [0.15, 0.2) is 0 Å². The van der Waals surface area contributed by atoms with Crippen LogP contribution in [0.5, 0.6) is 0 Å². The molecule has 1 aliphatic carbocycles. The minimum Gasteiger partial charge on any atom is -0.307 e. The maximum Gasteiger partial charge on any atom is 0.123 e. The number of hydrogen-bond acceptors (Lipinski definition) is 1. The van der Waals surface area contributed by atoms with Crippen LogP contribution in [0.25, 0.3) is 0 Å². The highest BCUT2D eigenvalue weighted by Gasteiger charge is 2.16. The minimum absolute atomic E-state index is 0.0675. The Morgan fingerprint density at radius 3 is 2.52 bits per heavy atom. The summed E-state index contributed by atoms with van der Waals surface area (Å²) in [6, 6.07) is 13.7. The van der Waals surface area contributed by atoms with Gasteiger partial charge in [0.2, 0.25) is 0 Å². The smallest absolute Gasteiger partial charge is 0.123 e. The van der Waals surface area contributed by atoms with Crippen molar-refractivity contribution in [1.29, 1.82) is 0 Å². The molecule has 3 rings (SSSR count). The average molecular weight is 283 g/mol. The first-order chi connectivity index (χ1) is 10.3. The molecule has 2 heteroatoms. The third kappa shape index (κ3) is 3.16. The average Bonchev–Trinajstić information content (AvgIpc) is 2.52. The maximum atomic E-state index is 13.5. The minimum atomic E-state index is -0.173. The normalized spacial score (nSPS) is 15.5. The van der Waals surface area contributed by atoms with Crippen molar-refractivity contribution >= 4 is 0 Å². The van der Waals surface area contributed by atoms with Crippen LogP contribution in [0.2, 0.25) is 0 Å². The van der Waals surface area contributed by atoms with E-state index in [9.17, 15) is 4.39 Å². The van der Waals surface area contributed by atoms with Crippen LogP contribution in [0.3, 0.4) is 0 Å². The van der Waals surface area contributed by atoms with E-state index in [2.05, 4.69) is 30.4 Å². The summed E-state index contributed by atoms with van der Waals surface area (Å²) in [7, 11) is 0. The van der Waals surface area contributed by atoms with Crippen molar-refractivity contribution < 1.29 is 4.39 Å². The Balaban J connectivity index is 1.97. The molecule has 1 atom stereocenters. The monoisotopic (exact) mass is 283 g/mol. The summed E-state index contributed by atoms with van der Waals surface area (Å²) in [5, 5.41) is 3.48. The molecule has 2 aromatic carbocycles. The van der Waals surface area contributed by atoms with Crippen molar-refractivity contribution in [2.75, 3.05) is 6.54 Å². The van der Waals surface area contributed by atoms with Crippen molar-refractivity contribution in [1.82, 2.24) is 5.32 Å². The van der Waals surface area contributed by atoms with Crippen LogP contribution in [0.4, 0.5) is 4.39 Å². The molecule has 2 aromatic rings. The molecule has 21 heavy (non-hydrogen) atoms. The Bertz CT molecular complexity index is 621. The molecule has 0 heterocycles. The number of fused-ring (bicyclic) bond motifs is 1. The number of benzene rings is 2. The lowest BCUT2D eigenvalue weighted by Gasteiger charge is -2.22. The van der Waals surface area contributed by atoms with Gasteiger partial charge in [0, 0.05) is 0 Å². The second-order valence-electron chi connectivity index (χ2n) is 5.78. The molecule has 0 radical (unpaired) electrons. The second kappa shape index (κ2) is 6.40. The zero-order valence-electron chi connectivity index (χ0n) is 12.5. The van der Waals surface area contributed by atoms with Crippen LogP contribution in [-0.4, -0.2) is 6.54 Å². The maximum absolute atomic E-state index is 13.5. The molecule has 0 fully saturated rings. The Hall–Kier alpha value is -1.67. The molecule has 0 saturated carbocycles. The van der Waals surface area contributed by atoms with Gasteiger partial charge < -0.3 is 5.32 Å². The highest BCUT2D eigenvalue weighted by molar-refractivity contribution is 5.39. The van der Waals surface area contributed by atoms with Crippen LogP contribution in [0, 0.1) is 5.82 Å². The van der Waals surface area contributed by atoms with Gasteiger partial charge in [-0.05, 0) is 66.6 Å². The third-order valence-corrected chi connectivity index (χ3v) is 4.30. The van der Waals surface area contributed by atoms with E-state index < -0.39 is 0 Å². The zero-order valence-corrected chi connectivity index (χ0v) is 12.5. The molecular formula is C19H22FN. The fourth-order valence-corrected chi connectivity index (χ4v) is 3.25. The Morgan fingerprint density at radius 2 is 1.76 bits per heavy atom. The van der Waals surface area contributed by atoms with Gasteiger partial charge in [-0.25, -0.2) is 4.39 Å². The highest BCUT2D eigenvalue weighted by Crippen LogP contribution is 2.28. The van der Waals surface area contributed by atoms with Gasteiger partial charge in [-0.15, -0.1) is 0 Å². The molecule has 0 aromatic heterocycles. The Morgan fingerprint density at radius 1 is 1.00 bits per heavy atom. The van der Waals surface area contributed by atoms with E-state index in [-0.39, 0.29) is 11.9 Å². The molecular weight excluding hydrogens is 261 g/mol. The van der Waals surface area contributed by atoms with E-state index in [4.69, 9.17) is 0 Å². The summed E-state index contributed by atoms with van der Waals surface area (Å²) in [6.07, 6.45) is 4.95. The topological polar surface area (TPSA) is 12.0 Å². The summed E-state index contributed by atoms with van der Waals surface area (Å²) in [6.45, 7) is 2.95. The molecule has 0 saturated heterocycles. The van der Waals surface area contributed by atoms with Crippen molar-refractivity contribution in [3.63, 3.8) is 0 Å². The summed E-state index contributed by atoms with van der Waals surface area (Å²) in [5.74, 6) is -0.173. The lowest BCUT2D eigenvalue weighted by Crippen LogP contribution is -2.22. The first kappa shape index (κ1) is 14.3. The van der Waals surface area contributed by atoms with Crippen molar-refractivity contribution in [3.8, 4) is 0 Å². The number of rotatable bonds is 4. The third-order valence-electron chi connectivity index (χ3n) is 4.30. The van der Waals surface area contributed by atoms with Gasteiger partial charge in [-0.2, -0.15) is 0 Å². The van der Waals surface area contributed by atoms with Gasteiger partial charge in [-0.1, -0.05) is 37.3 Å². The SMILES string of the molecule is CCNC(c1cccc(F)c1)c1ccc2c(c1)CCCC2. The molecule has 1 unspecified atom stereocenters. The number of aryl methyl sites for hydroxylation is 2. The van der Waals surface area contributed by atoms with E-state index in [1.165, 1.54) is 48.4 Å². The molecule has 0 amide bonds. The van der Waals surface area contributed by atoms with Crippen LogP contribution in [0.15, 0.2) is 42.5 Å². The lowest BCUT2D eigenvalue weighted by molar-refractivity contribution is 0.601. The fourth-order valence-electron chi connectivity index (χ4n) is 3.25.